The third kappa shape index (κ3) is 6.99. The number of aliphatic imine (C=N–C) groups is 1. The molecule has 1 aromatic carbocycles. The number of pyridine rings is 1. The third-order valence-electron chi connectivity index (χ3n) is 3.60. The van der Waals surface area contributed by atoms with E-state index in [4.69, 9.17) is 4.74 Å². The van der Waals surface area contributed by atoms with Crippen LogP contribution in [-0.4, -0.2) is 31.4 Å². The van der Waals surface area contributed by atoms with Crippen LogP contribution in [0.15, 0.2) is 41.5 Å². The Balaban J connectivity index is 0.00000338. The van der Waals surface area contributed by atoms with Gasteiger partial charge in [0.25, 0.3) is 0 Å². The van der Waals surface area contributed by atoms with Crippen molar-refractivity contribution in [3.05, 3.63) is 59.0 Å². The molecule has 0 amide bonds. The maximum atomic E-state index is 13.4. The first kappa shape index (κ1) is 22.5. The number of nitrogens with zero attached hydrogens (tertiary/aromatic N) is 2. The Bertz CT molecular complexity index is 713. The largest absolute Gasteiger partial charge is 0.481 e. The average molecular weight is 490 g/mol. The van der Waals surface area contributed by atoms with Crippen molar-refractivity contribution in [2.24, 2.45) is 4.99 Å². The van der Waals surface area contributed by atoms with Crippen molar-refractivity contribution in [2.45, 2.75) is 18.8 Å². The first-order valence-electron chi connectivity index (χ1n) is 7.86. The van der Waals surface area contributed by atoms with Crippen LogP contribution < -0.4 is 15.4 Å². The second kappa shape index (κ2) is 11.9. The van der Waals surface area contributed by atoms with Crippen molar-refractivity contribution in [2.75, 3.05) is 20.4 Å². The number of benzene rings is 1. The molecule has 142 valence electrons. The van der Waals surface area contributed by atoms with E-state index in [1.54, 1.807) is 38.2 Å². The maximum absolute atomic E-state index is 13.4. The molecule has 0 aliphatic carbocycles. The molecule has 0 bridgehead atoms. The van der Waals surface area contributed by atoms with Gasteiger partial charge in [0.15, 0.2) is 5.96 Å². The Morgan fingerprint density at radius 2 is 1.96 bits per heavy atom. The number of nitrogens with one attached hydrogen (secondary N) is 2. The van der Waals surface area contributed by atoms with Gasteiger partial charge in [-0.1, -0.05) is 12.1 Å². The van der Waals surface area contributed by atoms with Gasteiger partial charge in [-0.05, 0) is 35.1 Å². The Kier molecular flexibility index (Phi) is 10.3. The summed E-state index contributed by atoms with van der Waals surface area (Å²) in [6.07, 6.45) is 3.77. The molecule has 2 aromatic rings. The summed E-state index contributed by atoms with van der Waals surface area (Å²) in [6, 6.07) is 8.66. The molecule has 2 rings (SSSR count). The highest BCUT2D eigenvalue weighted by Gasteiger charge is 2.06. The van der Waals surface area contributed by atoms with E-state index in [9.17, 15) is 4.39 Å². The fourth-order valence-corrected chi connectivity index (χ4v) is 2.86. The molecule has 0 radical (unpaired) electrons. The predicted molar refractivity (Wildman–Crippen MR) is 117 cm³/mol. The van der Waals surface area contributed by atoms with Gasteiger partial charge in [-0.3, -0.25) is 4.99 Å². The van der Waals surface area contributed by atoms with E-state index in [0.29, 0.717) is 24.9 Å². The van der Waals surface area contributed by atoms with Gasteiger partial charge in [0.1, 0.15) is 5.82 Å². The molecule has 0 unspecified atom stereocenters. The molecule has 2 N–H and O–H groups in total. The van der Waals surface area contributed by atoms with Crippen LogP contribution in [-0.2, 0) is 18.8 Å². The number of aromatic nitrogens is 1. The molecular weight excluding hydrogens is 466 g/mol. The molecule has 0 atom stereocenters. The van der Waals surface area contributed by atoms with Crippen LogP contribution in [0.3, 0.4) is 0 Å². The highest BCUT2D eigenvalue weighted by Crippen LogP contribution is 2.16. The fourth-order valence-electron chi connectivity index (χ4n) is 2.28. The van der Waals surface area contributed by atoms with Gasteiger partial charge in [0.05, 0.1) is 7.11 Å². The minimum atomic E-state index is -0.206. The van der Waals surface area contributed by atoms with E-state index >= 15 is 0 Å². The van der Waals surface area contributed by atoms with Crippen LogP contribution in [0.5, 0.6) is 5.88 Å². The SMILES string of the molecule is CN=C(NCc1ccc(OC)nc1)NCc1ccc(F)cc1CSC.I. The van der Waals surface area contributed by atoms with E-state index in [1.807, 2.05) is 24.5 Å². The molecule has 8 heteroatoms. The zero-order chi connectivity index (χ0) is 18.1. The van der Waals surface area contributed by atoms with Crippen LogP contribution in [0.25, 0.3) is 0 Å². The lowest BCUT2D eigenvalue weighted by molar-refractivity contribution is 0.397. The van der Waals surface area contributed by atoms with E-state index in [0.717, 1.165) is 22.4 Å². The summed E-state index contributed by atoms with van der Waals surface area (Å²) in [7, 11) is 3.31. The van der Waals surface area contributed by atoms with Crippen molar-refractivity contribution < 1.29 is 9.13 Å². The minimum Gasteiger partial charge on any atom is -0.481 e. The highest BCUT2D eigenvalue weighted by atomic mass is 127. The van der Waals surface area contributed by atoms with Crippen molar-refractivity contribution in [1.29, 1.82) is 0 Å². The highest BCUT2D eigenvalue weighted by molar-refractivity contribution is 14.0. The summed E-state index contributed by atoms with van der Waals surface area (Å²) in [5.74, 6) is 1.83. The lowest BCUT2D eigenvalue weighted by Gasteiger charge is -2.14. The average Bonchev–Trinajstić information content (AvgIpc) is 2.64. The first-order valence-corrected chi connectivity index (χ1v) is 9.25. The minimum absolute atomic E-state index is 0. The van der Waals surface area contributed by atoms with E-state index < -0.39 is 0 Å². The zero-order valence-corrected chi connectivity index (χ0v) is 18.2. The maximum Gasteiger partial charge on any atom is 0.212 e. The van der Waals surface area contributed by atoms with Crippen LogP contribution >= 0.6 is 35.7 Å². The fraction of sp³-hybridized carbons (Fsp3) is 0.333. The van der Waals surface area contributed by atoms with Gasteiger partial charge in [-0.15, -0.1) is 24.0 Å². The summed E-state index contributed by atoms with van der Waals surface area (Å²) in [5.41, 5.74) is 3.08. The van der Waals surface area contributed by atoms with Crippen LogP contribution in [0.4, 0.5) is 4.39 Å². The molecule has 1 heterocycles. The Morgan fingerprint density at radius 1 is 1.19 bits per heavy atom. The summed E-state index contributed by atoms with van der Waals surface area (Å²) in [6.45, 7) is 1.18. The molecule has 0 aliphatic rings. The second-order valence-corrected chi connectivity index (χ2v) is 6.20. The number of guanidine groups is 1. The van der Waals surface area contributed by atoms with Crippen molar-refractivity contribution >= 4 is 41.7 Å². The van der Waals surface area contributed by atoms with E-state index in [2.05, 4.69) is 20.6 Å². The smallest absolute Gasteiger partial charge is 0.212 e. The second-order valence-electron chi connectivity index (χ2n) is 5.33. The number of thioether (sulfide) groups is 1. The Hall–Kier alpha value is -1.55. The molecule has 0 aliphatic heterocycles. The predicted octanol–water partition coefficient (Wildman–Crippen LogP) is 3.58. The van der Waals surface area contributed by atoms with Gasteiger partial charge < -0.3 is 15.4 Å². The number of rotatable bonds is 7. The van der Waals surface area contributed by atoms with Gasteiger partial charge in [0, 0.05) is 38.2 Å². The van der Waals surface area contributed by atoms with Crippen LogP contribution in [0, 0.1) is 5.82 Å². The van der Waals surface area contributed by atoms with Gasteiger partial charge in [-0.2, -0.15) is 11.8 Å². The quantitative estimate of drug-likeness (QED) is 0.353. The van der Waals surface area contributed by atoms with Crippen molar-refractivity contribution in [1.82, 2.24) is 15.6 Å². The van der Waals surface area contributed by atoms with Crippen molar-refractivity contribution in [3.63, 3.8) is 0 Å². The summed E-state index contributed by atoms with van der Waals surface area (Å²) in [4.78, 5) is 8.39. The van der Waals surface area contributed by atoms with Gasteiger partial charge >= 0.3 is 0 Å². The topological polar surface area (TPSA) is 58.5 Å². The molecular formula is C18H24FIN4OS. The van der Waals surface area contributed by atoms with Crippen LogP contribution in [0.1, 0.15) is 16.7 Å². The molecule has 0 fully saturated rings. The van der Waals surface area contributed by atoms with E-state index in [1.165, 1.54) is 6.07 Å². The molecule has 26 heavy (non-hydrogen) atoms. The first-order chi connectivity index (χ1) is 12.2. The lowest BCUT2D eigenvalue weighted by atomic mass is 10.1. The molecule has 0 spiro atoms. The summed E-state index contributed by atoms with van der Waals surface area (Å²) in [5, 5.41) is 6.49. The monoisotopic (exact) mass is 490 g/mol. The standard InChI is InChI=1S/C18H23FN4OS.HI/c1-20-18(22-10-13-4-7-17(24-2)21-9-13)23-11-14-5-6-16(19)8-15(14)12-25-3;/h4-9H,10-12H2,1-3H3,(H2,20,22,23);1H. The molecule has 5 nitrogen and oxygen atoms in total. The molecule has 0 saturated heterocycles. The van der Waals surface area contributed by atoms with E-state index in [-0.39, 0.29) is 29.8 Å². The lowest BCUT2D eigenvalue weighted by Crippen LogP contribution is -2.36. The number of hydrogen-bond acceptors (Lipinski definition) is 4. The Morgan fingerprint density at radius 3 is 2.58 bits per heavy atom. The van der Waals surface area contributed by atoms with Gasteiger partial charge in [-0.25, -0.2) is 9.37 Å². The van der Waals surface area contributed by atoms with Crippen LogP contribution in [0.2, 0.25) is 0 Å². The summed E-state index contributed by atoms with van der Waals surface area (Å²) < 4.78 is 18.5. The number of ether oxygens (including phenoxy) is 1. The number of hydrogen-bond donors (Lipinski definition) is 2. The molecule has 0 saturated carbocycles. The van der Waals surface area contributed by atoms with Gasteiger partial charge in [0.2, 0.25) is 5.88 Å². The van der Waals surface area contributed by atoms with Crippen molar-refractivity contribution in [3.8, 4) is 5.88 Å². The third-order valence-corrected chi connectivity index (χ3v) is 4.20. The molecule has 1 aromatic heterocycles. The summed E-state index contributed by atoms with van der Waals surface area (Å²) >= 11 is 1.67. The number of methoxy groups -OCH3 is 1. The number of halogens is 2. The zero-order valence-electron chi connectivity index (χ0n) is 15.1. The normalized spacial score (nSPS) is 10.8. The Labute approximate surface area is 175 Å².